The zero-order valence-corrected chi connectivity index (χ0v) is 21.0. The van der Waals surface area contributed by atoms with E-state index in [0.29, 0.717) is 25.3 Å². The Morgan fingerprint density at radius 1 is 1.09 bits per heavy atom. The molecule has 0 heterocycles. The summed E-state index contributed by atoms with van der Waals surface area (Å²) in [5.74, 6) is 11.3. The number of rotatable bonds is 7. The number of carbonyl (C=O) groups excluding carboxylic acids is 1. The number of nitrogens with zero attached hydrogens (tertiary/aromatic N) is 4. The predicted molar refractivity (Wildman–Crippen MR) is 140 cm³/mol. The number of hydrogen-bond acceptors (Lipinski definition) is 7. The molecule has 4 N–H and O–H groups in total. The van der Waals surface area contributed by atoms with E-state index in [4.69, 9.17) is 16.4 Å². The van der Waals surface area contributed by atoms with Crippen molar-refractivity contribution in [2.24, 2.45) is 21.9 Å². The number of nitrogens with two attached hydrogens (primary N) is 2. The molecule has 0 fully saturated rings. The fourth-order valence-corrected chi connectivity index (χ4v) is 3.71. The second kappa shape index (κ2) is 13.5. The molecule has 0 unspecified atom stereocenters. The minimum absolute atomic E-state index is 0.420. The Kier molecular flexibility index (Phi) is 10.7. The van der Waals surface area contributed by atoms with E-state index in [1.807, 2.05) is 33.0 Å². The number of benzene rings is 2. The summed E-state index contributed by atoms with van der Waals surface area (Å²) in [5, 5.41) is 11.4. The minimum Gasteiger partial charge on any atom is -0.475 e. The summed E-state index contributed by atoms with van der Waals surface area (Å²) >= 11 is 0. The van der Waals surface area contributed by atoms with Crippen molar-refractivity contribution in [3.8, 4) is 0 Å². The highest BCUT2D eigenvalue weighted by Crippen LogP contribution is 2.23. The third-order valence-corrected chi connectivity index (χ3v) is 5.70. The van der Waals surface area contributed by atoms with Gasteiger partial charge in [0.25, 0.3) is 0 Å². The topological polar surface area (TPSA) is 110 Å². The molecule has 8 nitrogen and oxygen atoms in total. The minimum atomic E-state index is 0.420. The average Bonchev–Trinajstić information content (AvgIpc) is 2.84. The maximum Gasteiger partial charge on any atom is 0.223 e. The SMILES string of the molecule is CCC(=NN=C(C)c1ccc2c(c1)CCCC2)OCc1c(C)cccc1N(C)N.CN(N)C=O. The van der Waals surface area contributed by atoms with Gasteiger partial charge in [0, 0.05) is 26.1 Å². The number of amides is 1. The Balaban J connectivity index is 0.000000739. The van der Waals surface area contributed by atoms with Crippen molar-refractivity contribution >= 4 is 23.7 Å². The summed E-state index contributed by atoms with van der Waals surface area (Å²) in [4.78, 5) is 9.31. The van der Waals surface area contributed by atoms with Gasteiger partial charge < -0.3 is 9.75 Å². The van der Waals surface area contributed by atoms with Gasteiger partial charge in [0.15, 0.2) is 0 Å². The second-order valence-electron chi connectivity index (χ2n) is 8.47. The molecule has 0 aromatic heterocycles. The lowest BCUT2D eigenvalue weighted by Crippen LogP contribution is -2.26. The number of carbonyl (C=O) groups is 1. The Morgan fingerprint density at radius 2 is 1.76 bits per heavy atom. The quantitative estimate of drug-likeness (QED) is 0.161. The largest absolute Gasteiger partial charge is 0.475 e. The van der Waals surface area contributed by atoms with Gasteiger partial charge in [-0.05, 0) is 73.9 Å². The van der Waals surface area contributed by atoms with Crippen LogP contribution in [-0.4, -0.2) is 37.1 Å². The van der Waals surface area contributed by atoms with Gasteiger partial charge in [0.05, 0.1) is 11.4 Å². The second-order valence-corrected chi connectivity index (χ2v) is 8.47. The third-order valence-electron chi connectivity index (χ3n) is 5.70. The van der Waals surface area contributed by atoms with E-state index in [0.717, 1.165) is 39.5 Å². The molecule has 1 aliphatic rings. The zero-order chi connectivity index (χ0) is 25.1. The highest BCUT2D eigenvalue weighted by molar-refractivity contribution is 5.99. The fraction of sp³-hybridized carbons (Fsp3) is 0.423. The van der Waals surface area contributed by atoms with Crippen LogP contribution in [0, 0.1) is 6.92 Å². The first-order valence-corrected chi connectivity index (χ1v) is 11.6. The lowest BCUT2D eigenvalue weighted by atomic mass is 9.90. The number of aryl methyl sites for hydroxylation is 3. The Labute approximate surface area is 203 Å². The number of anilines is 1. The molecule has 0 saturated heterocycles. The maximum atomic E-state index is 9.31. The zero-order valence-electron chi connectivity index (χ0n) is 21.0. The Hall–Kier alpha value is -3.23. The molecule has 0 radical (unpaired) electrons. The van der Waals surface area contributed by atoms with Crippen LogP contribution in [0.1, 0.15) is 60.9 Å². The van der Waals surface area contributed by atoms with Crippen molar-refractivity contribution in [1.82, 2.24) is 5.01 Å². The van der Waals surface area contributed by atoms with Gasteiger partial charge in [0.2, 0.25) is 12.3 Å². The summed E-state index contributed by atoms with van der Waals surface area (Å²) in [6, 6.07) is 12.7. The molecule has 0 atom stereocenters. The van der Waals surface area contributed by atoms with Crippen LogP contribution in [0.5, 0.6) is 0 Å². The van der Waals surface area contributed by atoms with Crippen LogP contribution in [0.2, 0.25) is 0 Å². The van der Waals surface area contributed by atoms with E-state index in [1.165, 1.54) is 37.4 Å². The average molecular weight is 467 g/mol. The summed E-state index contributed by atoms with van der Waals surface area (Å²) in [7, 11) is 3.30. The van der Waals surface area contributed by atoms with Crippen LogP contribution < -0.4 is 16.7 Å². The van der Waals surface area contributed by atoms with Crippen LogP contribution in [0.25, 0.3) is 0 Å². The molecule has 0 aliphatic heterocycles. The number of fused-ring (bicyclic) bond motifs is 1. The summed E-state index contributed by atoms with van der Waals surface area (Å²) in [6.45, 7) is 6.51. The molecular weight excluding hydrogens is 428 g/mol. The molecule has 0 bridgehead atoms. The molecular formula is C26H38N6O2. The van der Waals surface area contributed by atoms with Gasteiger partial charge in [-0.1, -0.05) is 31.2 Å². The molecule has 3 rings (SSSR count). The third kappa shape index (κ3) is 7.97. The molecule has 1 aliphatic carbocycles. The van der Waals surface area contributed by atoms with Crippen LogP contribution in [0.15, 0.2) is 46.6 Å². The first-order valence-electron chi connectivity index (χ1n) is 11.6. The summed E-state index contributed by atoms with van der Waals surface area (Å²) in [5.41, 5.74) is 8.14. The maximum absolute atomic E-state index is 9.31. The van der Waals surface area contributed by atoms with Crippen molar-refractivity contribution in [3.05, 3.63) is 64.2 Å². The molecule has 184 valence electrons. The standard InChI is InChI=1S/C24H32N4O.C2H6N2O/c1-5-24(29-16-22-17(2)9-8-12-23(22)28(4)25)27-26-18(3)20-14-13-19-10-6-7-11-21(19)15-20;1-4(3)2-5/h8-9,12-15H,5-7,10-11,16,25H2,1-4H3;2H,3H2,1H3. The lowest BCUT2D eigenvalue weighted by molar-refractivity contribution is -0.117. The molecule has 0 saturated carbocycles. The van der Waals surface area contributed by atoms with E-state index in [9.17, 15) is 4.79 Å². The predicted octanol–water partition coefficient (Wildman–Crippen LogP) is 3.88. The van der Waals surface area contributed by atoms with Crippen molar-refractivity contribution in [1.29, 1.82) is 0 Å². The fourth-order valence-electron chi connectivity index (χ4n) is 3.71. The molecule has 8 heteroatoms. The van der Waals surface area contributed by atoms with Gasteiger partial charge in [-0.2, -0.15) is 5.10 Å². The van der Waals surface area contributed by atoms with Crippen LogP contribution in [0.4, 0.5) is 5.69 Å². The first kappa shape index (κ1) is 27.0. The van der Waals surface area contributed by atoms with Gasteiger partial charge in [-0.15, -0.1) is 5.10 Å². The Bertz CT molecular complexity index is 1010. The monoisotopic (exact) mass is 466 g/mol. The number of hydrazine groups is 2. The highest BCUT2D eigenvalue weighted by atomic mass is 16.5. The van der Waals surface area contributed by atoms with E-state index in [1.54, 1.807) is 5.01 Å². The van der Waals surface area contributed by atoms with Crippen LogP contribution in [0.3, 0.4) is 0 Å². The smallest absolute Gasteiger partial charge is 0.223 e. The van der Waals surface area contributed by atoms with Crippen molar-refractivity contribution in [2.45, 2.75) is 59.5 Å². The molecule has 0 spiro atoms. The van der Waals surface area contributed by atoms with Crippen molar-refractivity contribution in [2.75, 3.05) is 19.1 Å². The van der Waals surface area contributed by atoms with Crippen LogP contribution >= 0.6 is 0 Å². The normalized spacial score (nSPS) is 13.4. The van der Waals surface area contributed by atoms with E-state index in [-0.39, 0.29) is 0 Å². The molecule has 1 amide bonds. The Morgan fingerprint density at radius 3 is 2.38 bits per heavy atom. The van der Waals surface area contributed by atoms with Gasteiger partial charge >= 0.3 is 0 Å². The molecule has 2 aromatic rings. The van der Waals surface area contributed by atoms with Crippen molar-refractivity contribution < 1.29 is 9.53 Å². The number of hydrogen-bond donors (Lipinski definition) is 2. The van der Waals surface area contributed by atoms with Crippen molar-refractivity contribution in [3.63, 3.8) is 0 Å². The summed E-state index contributed by atoms with van der Waals surface area (Å²) < 4.78 is 5.99. The van der Waals surface area contributed by atoms with Gasteiger partial charge in [0.1, 0.15) is 6.61 Å². The van der Waals surface area contributed by atoms with Crippen LogP contribution in [-0.2, 0) is 29.0 Å². The van der Waals surface area contributed by atoms with Gasteiger partial charge in [-0.25, -0.2) is 11.7 Å². The van der Waals surface area contributed by atoms with E-state index >= 15 is 0 Å². The number of ether oxygens (including phenoxy) is 1. The van der Waals surface area contributed by atoms with E-state index < -0.39 is 0 Å². The van der Waals surface area contributed by atoms with Gasteiger partial charge in [-0.3, -0.25) is 9.80 Å². The highest BCUT2D eigenvalue weighted by Gasteiger charge is 2.11. The lowest BCUT2D eigenvalue weighted by Gasteiger charge is -2.19. The first-order chi connectivity index (χ1) is 16.3. The molecule has 2 aromatic carbocycles. The molecule has 34 heavy (non-hydrogen) atoms. The summed E-state index contributed by atoms with van der Waals surface area (Å²) in [6.07, 6.45) is 6.13. The van der Waals surface area contributed by atoms with E-state index in [2.05, 4.69) is 41.4 Å².